The Bertz CT molecular complexity index is 2470. The Morgan fingerprint density at radius 2 is 1.80 bits per heavy atom. The summed E-state index contributed by atoms with van der Waals surface area (Å²) in [4.78, 5) is 40.1. The second-order valence-corrected chi connectivity index (χ2v) is 17.8. The third kappa shape index (κ3) is 7.92. The number of amides is 1. The Kier molecular flexibility index (Phi) is 10.6. The topological polar surface area (TPSA) is 120 Å². The maximum atomic E-state index is 16.0. The number of carboxylic acids is 1. The van der Waals surface area contributed by atoms with Gasteiger partial charge in [0, 0.05) is 69.0 Å². The first-order chi connectivity index (χ1) is 28.6. The van der Waals surface area contributed by atoms with Gasteiger partial charge in [0.1, 0.15) is 5.83 Å². The first-order valence-corrected chi connectivity index (χ1v) is 21.3. The van der Waals surface area contributed by atoms with Crippen LogP contribution in [0.1, 0.15) is 102 Å². The molecule has 1 amide bonds. The second-order valence-electron chi connectivity index (χ2n) is 17.8. The lowest BCUT2D eigenvalue weighted by Gasteiger charge is -2.33. The Labute approximate surface area is 345 Å². The van der Waals surface area contributed by atoms with E-state index >= 15 is 4.39 Å². The van der Waals surface area contributed by atoms with Crippen molar-refractivity contribution in [2.45, 2.75) is 97.2 Å². The van der Waals surface area contributed by atoms with Crippen molar-refractivity contribution in [3.05, 3.63) is 124 Å². The summed E-state index contributed by atoms with van der Waals surface area (Å²) >= 11 is 0. The highest BCUT2D eigenvalue weighted by Crippen LogP contribution is 2.63. The summed E-state index contributed by atoms with van der Waals surface area (Å²) in [5, 5.41) is 17.3. The van der Waals surface area contributed by atoms with Crippen LogP contribution < -0.4 is 10.6 Å². The fraction of sp³-hybridized carbons (Fsp3) is 0.408. The molecule has 2 bridgehead atoms. The van der Waals surface area contributed by atoms with E-state index in [9.17, 15) is 14.7 Å². The van der Waals surface area contributed by atoms with E-state index in [4.69, 9.17) is 9.97 Å². The Morgan fingerprint density at radius 1 is 0.983 bits per heavy atom. The van der Waals surface area contributed by atoms with Gasteiger partial charge in [0.25, 0.3) is 0 Å². The Morgan fingerprint density at radius 3 is 2.58 bits per heavy atom. The van der Waals surface area contributed by atoms with Crippen molar-refractivity contribution in [3.63, 3.8) is 0 Å². The second kappa shape index (κ2) is 16.0. The lowest BCUT2D eigenvalue weighted by atomic mass is 9.80. The molecule has 1 saturated heterocycles. The minimum absolute atomic E-state index is 0.127. The molecule has 0 radical (unpaired) electrons. The number of fused-ring (bicyclic) bond motifs is 4. The lowest BCUT2D eigenvalue weighted by Crippen LogP contribution is -2.35. The Hall–Kier alpha value is -5.32. The zero-order valence-electron chi connectivity index (χ0n) is 34.1. The van der Waals surface area contributed by atoms with Gasteiger partial charge in [0.2, 0.25) is 5.91 Å². The smallest absolute Gasteiger partial charge is 0.309 e. The normalized spacial score (nSPS) is 22.9. The van der Waals surface area contributed by atoms with Crippen molar-refractivity contribution >= 4 is 34.7 Å². The first kappa shape index (κ1) is 39.2. The van der Waals surface area contributed by atoms with Crippen LogP contribution in [-0.2, 0) is 35.5 Å². The number of hydrogen-bond acceptors (Lipinski definition) is 7. The van der Waals surface area contributed by atoms with Gasteiger partial charge in [-0.2, -0.15) is 0 Å². The summed E-state index contributed by atoms with van der Waals surface area (Å²) in [6.45, 7) is 8.29. The zero-order chi connectivity index (χ0) is 40.7. The number of rotatable bonds is 13. The van der Waals surface area contributed by atoms with E-state index in [1.807, 2.05) is 42.9 Å². The molecule has 2 aromatic carbocycles. The van der Waals surface area contributed by atoms with Crippen molar-refractivity contribution in [2.75, 3.05) is 19.6 Å². The average Bonchev–Trinajstić information content (AvgIpc) is 3.96. The largest absolute Gasteiger partial charge is 0.481 e. The number of nitrogens with zero attached hydrogens (tertiary/aromatic N) is 4. The average molecular weight is 793 g/mol. The number of hydrogen-bond donors (Lipinski definition) is 3. The quantitative estimate of drug-likeness (QED) is 0.109. The number of aromatic nitrogens is 3. The van der Waals surface area contributed by atoms with Crippen molar-refractivity contribution in [2.24, 2.45) is 10.8 Å². The maximum absolute atomic E-state index is 16.0. The molecule has 304 valence electrons. The van der Waals surface area contributed by atoms with Gasteiger partial charge >= 0.3 is 5.97 Å². The van der Waals surface area contributed by atoms with Gasteiger partial charge in [-0.05, 0) is 152 Å². The van der Waals surface area contributed by atoms with Gasteiger partial charge in [0.05, 0.1) is 22.3 Å². The lowest BCUT2D eigenvalue weighted by molar-refractivity contribution is -0.148. The van der Waals surface area contributed by atoms with E-state index in [0.29, 0.717) is 25.1 Å². The molecule has 10 heteroatoms. The molecule has 3 fully saturated rings. The van der Waals surface area contributed by atoms with Gasteiger partial charge in [0.15, 0.2) is 0 Å². The highest BCUT2D eigenvalue weighted by atomic mass is 19.1. The van der Waals surface area contributed by atoms with Crippen LogP contribution in [0.15, 0.2) is 73.2 Å². The first-order valence-electron chi connectivity index (χ1n) is 21.3. The molecule has 5 aromatic rings. The molecule has 3 N–H and O–H groups in total. The number of carbonyl (C=O) groups is 2. The van der Waals surface area contributed by atoms with Crippen LogP contribution in [0.25, 0.3) is 33.9 Å². The SMILES string of the molecule is Cc1c(/C=C(\F)c2cc3c(cn2)CN(CCC24CCC(C(=O)O)(CC2)C4)CC3)cccc1-c1cccc(Cc2nccc3cc(CNC[C@@H]4CCC(=O)N4)cnc23)c1C. The highest BCUT2D eigenvalue weighted by molar-refractivity contribution is 5.83. The molecule has 0 spiro atoms. The number of benzene rings is 2. The fourth-order valence-corrected chi connectivity index (χ4v) is 10.4. The zero-order valence-corrected chi connectivity index (χ0v) is 34.1. The molecule has 2 saturated carbocycles. The summed E-state index contributed by atoms with van der Waals surface area (Å²) < 4.78 is 16.0. The van der Waals surface area contributed by atoms with Gasteiger partial charge < -0.3 is 15.7 Å². The van der Waals surface area contributed by atoms with Crippen LogP contribution in [0.5, 0.6) is 0 Å². The summed E-state index contributed by atoms with van der Waals surface area (Å²) in [6, 6.07) is 18.7. The number of carbonyl (C=O) groups excluding carboxylic acids is 1. The standard InChI is InChI=1S/C49H53FN6O3/c1-31-34(22-42(50)43-24-36-12-19-56(29-38(36)27-53-43)20-17-48-13-15-49(30-48,16-14-48)47(58)59)5-3-7-40(31)41-8-4-6-35(32(41)2)23-44-46-37(11-18-52-44)21-33(26-54-46)25-51-28-39-9-10-45(57)55-39/h3-8,11,18,21-22,24,26-27,39,51H,9-10,12-17,19-20,23,25,28-30H2,1-2H3,(H,55,57)(H,58,59)/b42-22-/t39-,48?,49?/m0/s1. The van der Waals surface area contributed by atoms with Gasteiger partial charge in [-0.15, -0.1) is 0 Å². The molecule has 0 unspecified atom stereocenters. The summed E-state index contributed by atoms with van der Waals surface area (Å²) in [7, 11) is 0. The molecule has 4 aliphatic rings. The fourth-order valence-electron chi connectivity index (χ4n) is 10.4. The number of carboxylic acid groups (broad SMARTS) is 1. The predicted molar refractivity (Wildman–Crippen MR) is 229 cm³/mol. The highest BCUT2D eigenvalue weighted by Gasteiger charge is 2.57. The van der Waals surface area contributed by atoms with Crippen LogP contribution in [0.2, 0.25) is 0 Å². The molecule has 59 heavy (non-hydrogen) atoms. The van der Waals surface area contributed by atoms with Crippen LogP contribution >= 0.6 is 0 Å². The van der Waals surface area contributed by atoms with Crippen molar-refractivity contribution < 1.29 is 19.1 Å². The van der Waals surface area contributed by atoms with E-state index in [1.165, 1.54) is 0 Å². The molecule has 1 atom stereocenters. The van der Waals surface area contributed by atoms with Crippen LogP contribution in [0, 0.1) is 24.7 Å². The third-order valence-electron chi connectivity index (χ3n) is 14.1. The molecule has 2 aliphatic carbocycles. The number of pyridine rings is 3. The molecule has 3 aromatic heterocycles. The minimum atomic E-state index is -0.603. The predicted octanol–water partition coefficient (Wildman–Crippen LogP) is 8.52. The van der Waals surface area contributed by atoms with Gasteiger partial charge in [-0.3, -0.25) is 29.4 Å². The summed E-state index contributed by atoms with van der Waals surface area (Å²) in [5.41, 5.74) is 11.6. The molecule has 9 rings (SSSR count). The van der Waals surface area contributed by atoms with Crippen molar-refractivity contribution in [1.29, 1.82) is 0 Å². The number of aliphatic carboxylic acids is 1. The van der Waals surface area contributed by atoms with Gasteiger partial charge in [-0.25, -0.2) is 4.39 Å². The molecular formula is C49H53FN6O3. The van der Waals surface area contributed by atoms with E-state index in [0.717, 1.165) is 144 Å². The third-order valence-corrected chi connectivity index (χ3v) is 14.1. The maximum Gasteiger partial charge on any atom is 0.309 e. The summed E-state index contributed by atoms with van der Waals surface area (Å²) in [6.07, 6.45) is 15.8. The summed E-state index contributed by atoms with van der Waals surface area (Å²) in [5.74, 6) is -0.823. The molecular weight excluding hydrogens is 740 g/mol. The van der Waals surface area contributed by atoms with Crippen LogP contribution in [-0.4, -0.2) is 62.5 Å². The van der Waals surface area contributed by atoms with Crippen LogP contribution in [0.4, 0.5) is 4.39 Å². The minimum Gasteiger partial charge on any atom is -0.481 e. The van der Waals surface area contributed by atoms with Gasteiger partial charge in [-0.1, -0.05) is 36.4 Å². The molecule has 5 heterocycles. The van der Waals surface area contributed by atoms with E-state index in [1.54, 1.807) is 6.08 Å². The van der Waals surface area contributed by atoms with E-state index in [2.05, 4.69) is 64.7 Å². The monoisotopic (exact) mass is 792 g/mol. The molecule has 2 aliphatic heterocycles. The number of nitrogens with one attached hydrogen (secondary N) is 2. The number of halogens is 1. The van der Waals surface area contributed by atoms with Crippen molar-refractivity contribution in [1.82, 2.24) is 30.5 Å². The van der Waals surface area contributed by atoms with Crippen LogP contribution in [0.3, 0.4) is 0 Å². The van der Waals surface area contributed by atoms with E-state index < -0.39 is 11.4 Å². The van der Waals surface area contributed by atoms with Crippen molar-refractivity contribution in [3.8, 4) is 11.1 Å². The molecule has 9 nitrogen and oxygen atoms in total. The Balaban J connectivity index is 0.866. The van der Waals surface area contributed by atoms with E-state index in [-0.39, 0.29) is 23.2 Å².